The van der Waals surface area contributed by atoms with Crippen LogP contribution in [0.2, 0.25) is 10.0 Å². The highest BCUT2D eigenvalue weighted by Crippen LogP contribution is 2.29. The molecule has 0 aliphatic heterocycles. The van der Waals surface area contributed by atoms with Crippen LogP contribution in [0, 0.1) is 0 Å². The number of imide groups is 1. The second-order valence-corrected chi connectivity index (χ2v) is 4.32. The highest BCUT2D eigenvalue weighted by molar-refractivity contribution is 6.43. The van der Waals surface area contributed by atoms with Gasteiger partial charge in [0.1, 0.15) is 6.04 Å². The van der Waals surface area contributed by atoms with E-state index in [9.17, 15) is 9.59 Å². The molecule has 0 aliphatic rings. The molecule has 0 spiro atoms. The van der Waals surface area contributed by atoms with Gasteiger partial charge in [0.05, 0.1) is 15.7 Å². The molecule has 1 rings (SSSR count). The number of rotatable bonds is 3. The zero-order chi connectivity index (χ0) is 13.7. The van der Waals surface area contributed by atoms with E-state index in [0.29, 0.717) is 15.7 Å². The highest BCUT2D eigenvalue weighted by Gasteiger charge is 2.16. The third-order valence-electron chi connectivity index (χ3n) is 2.18. The van der Waals surface area contributed by atoms with Crippen LogP contribution < -0.4 is 16.0 Å². The van der Waals surface area contributed by atoms with Gasteiger partial charge in [0.15, 0.2) is 0 Å². The standard InChI is InChI=1S/C11H13Cl2N3O2/c1-6(10(17)16-11(18)14-2)15-8-5-3-4-7(12)9(8)13/h3-6,15H,1-2H3,(H2,14,16,17,18). The van der Waals surface area contributed by atoms with Gasteiger partial charge in [-0.2, -0.15) is 0 Å². The van der Waals surface area contributed by atoms with Crippen LogP contribution in [0.15, 0.2) is 18.2 Å². The number of amides is 3. The van der Waals surface area contributed by atoms with Gasteiger partial charge < -0.3 is 10.6 Å². The number of carbonyl (C=O) groups is 2. The van der Waals surface area contributed by atoms with Gasteiger partial charge in [0.2, 0.25) is 5.91 Å². The van der Waals surface area contributed by atoms with Crippen molar-refractivity contribution < 1.29 is 9.59 Å². The maximum atomic E-state index is 11.6. The number of carbonyl (C=O) groups excluding carboxylic acids is 2. The van der Waals surface area contributed by atoms with Gasteiger partial charge in [-0.25, -0.2) is 4.79 Å². The van der Waals surface area contributed by atoms with Crippen LogP contribution in [0.3, 0.4) is 0 Å². The first-order valence-corrected chi connectivity index (χ1v) is 5.94. The number of hydrogen-bond donors (Lipinski definition) is 3. The third-order valence-corrected chi connectivity index (χ3v) is 3.00. The molecule has 1 aromatic rings. The molecule has 0 saturated carbocycles. The van der Waals surface area contributed by atoms with Crippen molar-refractivity contribution in [1.29, 1.82) is 0 Å². The monoisotopic (exact) mass is 289 g/mol. The summed E-state index contributed by atoms with van der Waals surface area (Å²) in [6.45, 7) is 1.61. The fourth-order valence-electron chi connectivity index (χ4n) is 1.20. The fourth-order valence-corrected chi connectivity index (χ4v) is 1.55. The zero-order valence-electron chi connectivity index (χ0n) is 9.88. The van der Waals surface area contributed by atoms with Gasteiger partial charge in [-0.15, -0.1) is 0 Å². The first-order valence-electron chi connectivity index (χ1n) is 5.18. The molecule has 0 radical (unpaired) electrons. The summed E-state index contributed by atoms with van der Waals surface area (Å²) in [6.07, 6.45) is 0. The number of anilines is 1. The lowest BCUT2D eigenvalue weighted by Gasteiger charge is -2.15. The molecule has 98 valence electrons. The van der Waals surface area contributed by atoms with Crippen LogP contribution in [0.1, 0.15) is 6.92 Å². The Kier molecular flexibility index (Phi) is 5.25. The van der Waals surface area contributed by atoms with E-state index < -0.39 is 18.0 Å². The van der Waals surface area contributed by atoms with Crippen LogP contribution in [0.4, 0.5) is 10.5 Å². The van der Waals surface area contributed by atoms with Crippen LogP contribution in [0.25, 0.3) is 0 Å². The molecule has 1 unspecified atom stereocenters. The molecule has 18 heavy (non-hydrogen) atoms. The average Bonchev–Trinajstić information content (AvgIpc) is 2.34. The summed E-state index contributed by atoms with van der Waals surface area (Å²) in [5, 5.41) is 8.04. The van der Waals surface area contributed by atoms with E-state index in [1.165, 1.54) is 7.05 Å². The maximum Gasteiger partial charge on any atom is 0.321 e. The fraction of sp³-hybridized carbons (Fsp3) is 0.273. The first-order chi connectivity index (χ1) is 8.45. The Labute approximate surface area is 115 Å². The van der Waals surface area contributed by atoms with Gasteiger partial charge in [-0.05, 0) is 19.1 Å². The summed E-state index contributed by atoms with van der Waals surface area (Å²) < 4.78 is 0. The molecule has 0 saturated heterocycles. The quantitative estimate of drug-likeness (QED) is 0.799. The molecule has 7 heteroatoms. The minimum Gasteiger partial charge on any atom is -0.373 e. The number of benzene rings is 1. The molecule has 0 heterocycles. The number of hydrogen-bond acceptors (Lipinski definition) is 3. The molecule has 0 aliphatic carbocycles. The normalized spacial score (nSPS) is 11.6. The SMILES string of the molecule is CNC(=O)NC(=O)C(C)Nc1cccc(Cl)c1Cl. The van der Waals surface area contributed by atoms with Crippen LogP contribution in [-0.4, -0.2) is 25.0 Å². The van der Waals surface area contributed by atoms with Gasteiger partial charge in [-0.1, -0.05) is 29.3 Å². The van der Waals surface area contributed by atoms with Gasteiger partial charge in [-0.3, -0.25) is 10.1 Å². The Morgan fingerprint density at radius 2 is 1.94 bits per heavy atom. The van der Waals surface area contributed by atoms with Crippen molar-refractivity contribution in [2.24, 2.45) is 0 Å². The Balaban J connectivity index is 2.69. The predicted molar refractivity (Wildman–Crippen MR) is 72.1 cm³/mol. The van der Waals surface area contributed by atoms with Crippen molar-refractivity contribution in [3.05, 3.63) is 28.2 Å². The van der Waals surface area contributed by atoms with Crippen molar-refractivity contribution >= 4 is 40.8 Å². The first kappa shape index (κ1) is 14.6. The lowest BCUT2D eigenvalue weighted by Crippen LogP contribution is -2.44. The van der Waals surface area contributed by atoms with E-state index in [4.69, 9.17) is 23.2 Å². The molecular formula is C11H13Cl2N3O2. The molecule has 5 nitrogen and oxygen atoms in total. The summed E-state index contributed by atoms with van der Waals surface area (Å²) in [6, 6.07) is 3.85. The summed E-state index contributed by atoms with van der Waals surface area (Å²) in [5.74, 6) is -0.467. The highest BCUT2D eigenvalue weighted by atomic mass is 35.5. The van der Waals surface area contributed by atoms with Crippen molar-refractivity contribution in [2.75, 3.05) is 12.4 Å². The van der Waals surface area contributed by atoms with Gasteiger partial charge in [0, 0.05) is 7.05 Å². The van der Waals surface area contributed by atoms with Crippen molar-refractivity contribution in [3.8, 4) is 0 Å². The van der Waals surface area contributed by atoms with Gasteiger partial charge in [0.25, 0.3) is 0 Å². The zero-order valence-corrected chi connectivity index (χ0v) is 11.4. The molecule has 0 aromatic heterocycles. The molecule has 1 atom stereocenters. The number of urea groups is 1. The van der Waals surface area contributed by atoms with E-state index in [2.05, 4.69) is 16.0 Å². The predicted octanol–water partition coefficient (Wildman–Crippen LogP) is 2.25. The lowest BCUT2D eigenvalue weighted by molar-refractivity contribution is -0.120. The van der Waals surface area contributed by atoms with Crippen molar-refractivity contribution in [2.45, 2.75) is 13.0 Å². The molecule has 0 bridgehead atoms. The molecule has 1 aromatic carbocycles. The Bertz CT molecular complexity index is 466. The molecule has 0 fully saturated rings. The van der Waals surface area contributed by atoms with Crippen LogP contribution in [-0.2, 0) is 4.79 Å². The van der Waals surface area contributed by atoms with Crippen molar-refractivity contribution in [3.63, 3.8) is 0 Å². The molecule has 3 amide bonds. The topological polar surface area (TPSA) is 70.2 Å². The minimum atomic E-state index is -0.627. The van der Waals surface area contributed by atoms with Crippen LogP contribution >= 0.6 is 23.2 Å². The molecule has 3 N–H and O–H groups in total. The van der Waals surface area contributed by atoms with E-state index >= 15 is 0 Å². The lowest BCUT2D eigenvalue weighted by atomic mass is 10.2. The van der Waals surface area contributed by atoms with E-state index in [1.54, 1.807) is 25.1 Å². The Hall–Kier alpha value is -1.46. The van der Waals surface area contributed by atoms with Gasteiger partial charge >= 0.3 is 6.03 Å². The molecular weight excluding hydrogens is 277 g/mol. The van der Waals surface area contributed by atoms with Crippen LogP contribution in [0.5, 0.6) is 0 Å². The summed E-state index contributed by atoms with van der Waals surface area (Å²) in [7, 11) is 1.43. The third kappa shape index (κ3) is 3.78. The summed E-state index contributed by atoms with van der Waals surface area (Å²) in [4.78, 5) is 22.6. The second-order valence-electron chi connectivity index (χ2n) is 3.54. The Morgan fingerprint density at radius 3 is 2.56 bits per heavy atom. The maximum absolute atomic E-state index is 11.6. The number of halogens is 2. The summed E-state index contributed by atoms with van der Waals surface area (Å²) >= 11 is 11.8. The van der Waals surface area contributed by atoms with E-state index in [0.717, 1.165) is 0 Å². The largest absolute Gasteiger partial charge is 0.373 e. The van der Waals surface area contributed by atoms with E-state index in [-0.39, 0.29) is 0 Å². The second kappa shape index (κ2) is 6.47. The Morgan fingerprint density at radius 1 is 1.28 bits per heavy atom. The minimum absolute atomic E-state index is 0.332. The average molecular weight is 290 g/mol. The van der Waals surface area contributed by atoms with E-state index in [1.807, 2.05) is 0 Å². The van der Waals surface area contributed by atoms with Crippen molar-refractivity contribution in [1.82, 2.24) is 10.6 Å². The smallest absolute Gasteiger partial charge is 0.321 e. The summed E-state index contributed by atoms with van der Waals surface area (Å²) in [5.41, 5.74) is 0.531. The number of nitrogens with one attached hydrogen (secondary N) is 3.